The molecule has 124 valence electrons. The van der Waals surface area contributed by atoms with Gasteiger partial charge in [0, 0.05) is 5.69 Å². The maximum atomic E-state index is 12.4. The summed E-state index contributed by atoms with van der Waals surface area (Å²) in [7, 11) is 0. The van der Waals surface area contributed by atoms with Crippen molar-refractivity contribution in [2.24, 2.45) is 0 Å². The molecular weight excluding hydrogens is 318 g/mol. The first-order valence-corrected chi connectivity index (χ1v) is 9.18. The van der Waals surface area contributed by atoms with Crippen LogP contribution >= 0.6 is 11.8 Å². The highest BCUT2D eigenvalue weighted by atomic mass is 32.2. The van der Waals surface area contributed by atoms with Gasteiger partial charge in [-0.2, -0.15) is 0 Å². The lowest BCUT2D eigenvalue weighted by Gasteiger charge is -2.14. The fraction of sp³-hybridized carbons (Fsp3) is 0.263. The molecule has 0 saturated heterocycles. The number of carbonyl (C=O) groups excluding carboxylic acids is 1. The first-order valence-electron chi connectivity index (χ1n) is 8.19. The molecule has 24 heavy (non-hydrogen) atoms. The number of benzene rings is 2. The summed E-state index contributed by atoms with van der Waals surface area (Å²) >= 11 is 1.42. The van der Waals surface area contributed by atoms with Crippen molar-refractivity contribution in [3.05, 3.63) is 53.6 Å². The lowest BCUT2D eigenvalue weighted by atomic mass is 10.0. The number of thioether (sulfide) groups is 1. The van der Waals surface area contributed by atoms with Gasteiger partial charge in [-0.05, 0) is 36.1 Å². The van der Waals surface area contributed by atoms with Crippen molar-refractivity contribution in [2.45, 2.75) is 31.8 Å². The number of fused-ring (bicyclic) bond motifs is 1. The van der Waals surface area contributed by atoms with Gasteiger partial charge in [0.05, 0.1) is 16.8 Å². The fourth-order valence-electron chi connectivity index (χ4n) is 2.71. The van der Waals surface area contributed by atoms with Gasteiger partial charge in [-0.3, -0.25) is 4.79 Å². The summed E-state index contributed by atoms with van der Waals surface area (Å²) in [6.07, 6.45) is 1.81. The highest BCUT2D eigenvalue weighted by Crippen LogP contribution is 2.24. The summed E-state index contributed by atoms with van der Waals surface area (Å²) in [6.45, 7) is 4.21. The zero-order chi connectivity index (χ0) is 16.9. The van der Waals surface area contributed by atoms with Crippen LogP contribution in [-0.4, -0.2) is 21.6 Å². The maximum Gasteiger partial charge on any atom is 0.234 e. The Bertz CT molecular complexity index is 801. The van der Waals surface area contributed by atoms with Crippen LogP contribution in [0, 0.1) is 0 Å². The number of aromatic nitrogens is 2. The van der Waals surface area contributed by atoms with E-state index in [4.69, 9.17) is 0 Å². The van der Waals surface area contributed by atoms with E-state index in [-0.39, 0.29) is 5.91 Å². The molecular formula is C19H21N3OS. The molecule has 0 atom stereocenters. The number of anilines is 1. The molecule has 2 aromatic carbocycles. The molecule has 0 radical (unpaired) electrons. The van der Waals surface area contributed by atoms with Crippen LogP contribution in [0.3, 0.4) is 0 Å². The van der Waals surface area contributed by atoms with Crippen LogP contribution in [0.2, 0.25) is 0 Å². The predicted molar refractivity (Wildman–Crippen MR) is 101 cm³/mol. The predicted octanol–water partition coefficient (Wildman–Crippen LogP) is 4.42. The number of rotatable bonds is 6. The zero-order valence-corrected chi connectivity index (χ0v) is 14.7. The number of aryl methyl sites for hydroxylation is 2. The van der Waals surface area contributed by atoms with Crippen LogP contribution in [0.5, 0.6) is 0 Å². The van der Waals surface area contributed by atoms with Crippen LogP contribution in [0.25, 0.3) is 11.0 Å². The molecule has 5 heteroatoms. The van der Waals surface area contributed by atoms with Crippen molar-refractivity contribution in [1.82, 2.24) is 9.97 Å². The van der Waals surface area contributed by atoms with Crippen LogP contribution in [-0.2, 0) is 17.6 Å². The summed E-state index contributed by atoms with van der Waals surface area (Å²) in [6, 6.07) is 14.1. The van der Waals surface area contributed by atoms with E-state index in [0.29, 0.717) is 5.75 Å². The minimum absolute atomic E-state index is 0.00365. The number of aromatic amines is 1. The normalized spacial score (nSPS) is 10.9. The van der Waals surface area contributed by atoms with Crippen LogP contribution in [0.1, 0.15) is 25.0 Å². The molecule has 0 saturated carbocycles. The first kappa shape index (κ1) is 16.6. The standard InChI is InChI=1S/C19H21N3OS/c1-3-13-8-7-9-14(4-2)18(13)22-17(23)12-24-19-20-15-10-5-6-11-16(15)21-19/h5-11H,3-4,12H2,1-2H3,(H,20,21)(H,22,23). The van der Waals surface area contributed by atoms with Crippen molar-refractivity contribution in [1.29, 1.82) is 0 Å². The third-order valence-electron chi connectivity index (χ3n) is 3.97. The van der Waals surface area contributed by atoms with Gasteiger partial charge in [-0.1, -0.05) is 55.9 Å². The zero-order valence-electron chi connectivity index (χ0n) is 13.9. The van der Waals surface area contributed by atoms with Crippen molar-refractivity contribution >= 4 is 34.4 Å². The topological polar surface area (TPSA) is 57.8 Å². The molecule has 0 unspecified atom stereocenters. The molecule has 0 fully saturated rings. The Morgan fingerprint density at radius 1 is 1.08 bits per heavy atom. The van der Waals surface area contributed by atoms with E-state index >= 15 is 0 Å². The maximum absolute atomic E-state index is 12.4. The van der Waals surface area contributed by atoms with Crippen LogP contribution in [0.15, 0.2) is 47.6 Å². The first-order chi connectivity index (χ1) is 11.7. The number of amides is 1. The Morgan fingerprint density at radius 3 is 2.46 bits per heavy atom. The van der Waals surface area contributed by atoms with E-state index in [1.165, 1.54) is 22.9 Å². The molecule has 2 N–H and O–H groups in total. The summed E-state index contributed by atoms with van der Waals surface area (Å²) in [4.78, 5) is 20.1. The fourth-order valence-corrected chi connectivity index (χ4v) is 3.40. The summed E-state index contributed by atoms with van der Waals surface area (Å²) in [5, 5.41) is 3.85. The van der Waals surface area contributed by atoms with Gasteiger partial charge in [0.15, 0.2) is 5.16 Å². The van der Waals surface area contributed by atoms with Gasteiger partial charge >= 0.3 is 0 Å². The lowest BCUT2D eigenvalue weighted by Crippen LogP contribution is -2.16. The van der Waals surface area contributed by atoms with Gasteiger partial charge < -0.3 is 10.3 Å². The number of para-hydroxylation sites is 3. The van der Waals surface area contributed by atoms with Gasteiger partial charge in [0.2, 0.25) is 5.91 Å². The minimum atomic E-state index is -0.00365. The molecule has 4 nitrogen and oxygen atoms in total. The average molecular weight is 339 g/mol. The van der Waals surface area contributed by atoms with E-state index in [1.54, 1.807) is 0 Å². The number of hydrogen-bond donors (Lipinski definition) is 2. The van der Waals surface area contributed by atoms with E-state index in [0.717, 1.165) is 34.7 Å². The largest absolute Gasteiger partial charge is 0.333 e. The summed E-state index contributed by atoms with van der Waals surface area (Å²) in [5.74, 6) is 0.331. The minimum Gasteiger partial charge on any atom is -0.333 e. The Labute approximate surface area is 146 Å². The second-order valence-corrected chi connectivity index (χ2v) is 6.52. The monoisotopic (exact) mass is 339 g/mol. The SMILES string of the molecule is CCc1cccc(CC)c1NC(=O)CSc1nc2ccccc2[nH]1. The van der Waals surface area contributed by atoms with E-state index in [2.05, 4.69) is 47.3 Å². The van der Waals surface area contributed by atoms with Gasteiger partial charge in [0.25, 0.3) is 0 Å². The number of nitrogens with one attached hydrogen (secondary N) is 2. The molecule has 3 rings (SSSR count). The van der Waals surface area contributed by atoms with E-state index in [9.17, 15) is 4.79 Å². The van der Waals surface area contributed by atoms with Crippen molar-refractivity contribution in [3.63, 3.8) is 0 Å². The molecule has 0 spiro atoms. The second-order valence-electron chi connectivity index (χ2n) is 5.55. The third kappa shape index (κ3) is 3.62. The van der Waals surface area contributed by atoms with Gasteiger partial charge in [0.1, 0.15) is 0 Å². The Morgan fingerprint density at radius 2 is 1.79 bits per heavy atom. The number of nitrogens with zero attached hydrogens (tertiary/aromatic N) is 1. The number of carbonyl (C=O) groups is 1. The number of imidazole rings is 1. The molecule has 0 bridgehead atoms. The molecule has 0 aliphatic carbocycles. The Hall–Kier alpha value is -2.27. The molecule has 1 amide bonds. The van der Waals surface area contributed by atoms with Crippen molar-refractivity contribution in [3.8, 4) is 0 Å². The molecule has 1 aromatic heterocycles. The van der Waals surface area contributed by atoms with Crippen LogP contribution in [0.4, 0.5) is 5.69 Å². The van der Waals surface area contributed by atoms with Gasteiger partial charge in [-0.15, -0.1) is 0 Å². The highest BCUT2D eigenvalue weighted by Gasteiger charge is 2.11. The Balaban J connectivity index is 1.68. The van der Waals surface area contributed by atoms with E-state index in [1.807, 2.05) is 24.3 Å². The molecule has 0 aliphatic heterocycles. The number of H-pyrrole nitrogens is 1. The quantitative estimate of drug-likeness (QED) is 0.654. The smallest absolute Gasteiger partial charge is 0.234 e. The van der Waals surface area contributed by atoms with Crippen LogP contribution < -0.4 is 5.32 Å². The number of hydrogen-bond acceptors (Lipinski definition) is 3. The third-order valence-corrected chi connectivity index (χ3v) is 4.84. The average Bonchev–Trinajstić information content (AvgIpc) is 3.03. The lowest BCUT2D eigenvalue weighted by molar-refractivity contribution is -0.113. The van der Waals surface area contributed by atoms with Crippen molar-refractivity contribution < 1.29 is 4.79 Å². The molecule has 1 heterocycles. The van der Waals surface area contributed by atoms with E-state index < -0.39 is 0 Å². The Kier molecular flexibility index (Phi) is 5.20. The summed E-state index contributed by atoms with van der Waals surface area (Å²) in [5.41, 5.74) is 5.24. The molecule has 3 aromatic rings. The highest BCUT2D eigenvalue weighted by molar-refractivity contribution is 7.99. The van der Waals surface area contributed by atoms with Gasteiger partial charge in [-0.25, -0.2) is 4.98 Å². The summed E-state index contributed by atoms with van der Waals surface area (Å²) < 4.78 is 0. The molecule has 0 aliphatic rings. The second kappa shape index (κ2) is 7.53. The van der Waals surface area contributed by atoms with Crippen molar-refractivity contribution in [2.75, 3.05) is 11.1 Å².